The lowest BCUT2D eigenvalue weighted by Gasteiger charge is -2.06. The first-order valence-electron chi connectivity index (χ1n) is 11.5. The highest BCUT2D eigenvalue weighted by Gasteiger charge is 2.16. The summed E-state index contributed by atoms with van der Waals surface area (Å²) in [6.45, 7) is 2.09. The fourth-order valence-corrected chi connectivity index (χ4v) is 4.96. The van der Waals surface area contributed by atoms with E-state index in [4.69, 9.17) is 27.9 Å². The lowest BCUT2D eigenvalue weighted by atomic mass is 10.1. The molecule has 4 aromatic rings. The Bertz CT molecular complexity index is 1360. The van der Waals surface area contributed by atoms with Crippen LogP contribution in [0.25, 0.3) is 11.3 Å². The number of amides is 1. The Morgan fingerprint density at radius 3 is 2.33 bits per heavy atom. The molecule has 3 aromatic carbocycles. The van der Waals surface area contributed by atoms with E-state index in [1.165, 1.54) is 11.3 Å². The number of carbonyl (C=O) groups is 2. The van der Waals surface area contributed by atoms with Crippen molar-refractivity contribution in [3.8, 4) is 22.8 Å². The largest absolute Gasteiger partial charge is 0.457 e. The van der Waals surface area contributed by atoms with Crippen molar-refractivity contribution in [3.63, 3.8) is 0 Å². The van der Waals surface area contributed by atoms with E-state index in [1.54, 1.807) is 36.4 Å². The summed E-state index contributed by atoms with van der Waals surface area (Å²) in [6.07, 6.45) is 1.92. The molecule has 1 N–H and O–H groups in total. The number of hydrogen-bond acceptors (Lipinski definition) is 5. The van der Waals surface area contributed by atoms with E-state index in [9.17, 15) is 9.59 Å². The Morgan fingerprint density at radius 1 is 0.917 bits per heavy atom. The van der Waals surface area contributed by atoms with E-state index in [0.717, 1.165) is 34.7 Å². The molecule has 0 bridgehead atoms. The maximum atomic E-state index is 12.6. The van der Waals surface area contributed by atoms with Crippen LogP contribution in [0, 0.1) is 0 Å². The topological polar surface area (TPSA) is 68.3 Å². The number of para-hydroxylation sites is 1. The first-order valence-corrected chi connectivity index (χ1v) is 13.1. The van der Waals surface area contributed by atoms with Crippen molar-refractivity contribution < 1.29 is 14.3 Å². The third-order valence-corrected chi connectivity index (χ3v) is 7.12. The number of nitrogens with zero attached hydrogens (tertiary/aromatic N) is 1. The van der Waals surface area contributed by atoms with Crippen LogP contribution >= 0.6 is 34.5 Å². The first kappa shape index (κ1) is 25.9. The number of aromatic nitrogens is 1. The molecule has 8 heteroatoms. The Labute approximate surface area is 224 Å². The molecule has 0 radical (unpaired) electrons. The highest BCUT2D eigenvalue weighted by Crippen LogP contribution is 2.35. The molecule has 1 aromatic heterocycles. The standard InChI is InChI=1S/C28H24Cl2N2O3S/c1-2-6-25-27(19-11-14-22(29)23(30)17-19)32-28(36-25)31-26(34)16-15-24(33)18-9-12-21(13-10-18)35-20-7-4-3-5-8-20/h3-5,7-14,17H,2,6,15-16H2,1H3,(H,31,32,34). The van der Waals surface area contributed by atoms with Crippen LogP contribution in [0.5, 0.6) is 11.5 Å². The SMILES string of the molecule is CCCc1sc(NC(=O)CCC(=O)c2ccc(Oc3ccccc3)cc2)nc1-c1ccc(Cl)c(Cl)c1. The second kappa shape index (κ2) is 12.2. The van der Waals surface area contributed by atoms with Gasteiger partial charge in [0, 0.05) is 28.8 Å². The molecule has 0 saturated heterocycles. The molecule has 0 aliphatic heterocycles. The number of Topliss-reactive ketones (excluding diaryl/α,β-unsaturated/α-hetero) is 1. The van der Waals surface area contributed by atoms with Crippen LogP contribution in [0.3, 0.4) is 0 Å². The maximum Gasteiger partial charge on any atom is 0.226 e. The molecule has 4 rings (SSSR count). The number of carbonyl (C=O) groups excluding carboxylic acids is 2. The first-order chi connectivity index (χ1) is 17.4. The van der Waals surface area contributed by atoms with Crippen molar-refractivity contribution in [2.24, 2.45) is 0 Å². The molecule has 5 nitrogen and oxygen atoms in total. The predicted octanol–water partition coefficient (Wildman–Crippen LogP) is 8.46. The van der Waals surface area contributed by atoms with Gasteiger partial charge in [-0.2, -0.15) is 0 Å². The Balaban J connectivity index is 1.35. The summed E-state index contributed by atoms with van der Waals surface area (Å²) in [5, 5.41) is 4.27. The molecule has 184 valence electrons. The molecule has 1 amide bonds. The molecule has 0 atom stereocenters. The van der Waals surface area contributed by atoms with Crippen LogP contribution in [0.15, 0.2) is 72.8 Å². The third kappa shape index (κ3) is 6.72. The highest BCUT2D eigenvalue weighted by molar-refractivity contribution is 7.16. The Hall–Kier alpha value is -3.19. The summed E-state index contributed by atoms with van der Waals surface area (Å²) >= 11 is 13.7. The predicted molar refractivity (Wildman–Crippen MR) is 147 cm³/mol. The van der Waals surface area contributed by atoms with Crippen molar-refractivity contribution in [2.75, 3.05) is 5.32 Å². The molecule has 1 heterocycles. The van der Waals surface area contributed by atoms with E-state index < -0.39 is 0 Å². The minimum Gasteiger partial charge on any atom is -0.457 e. The third-order valence-electron chi connectivity index (χ3n) is 5.35. The second-order valence-corrected chi connectivity index (χ2v) is 9.98. The molecule has 0 spiro atoms. The number of aryl methyl sites for hydroxylation is 1. The monoisotopic (exact) mass is 538 g/mol. The van der Waals surface area contributed by atoms with E-state index in [2.05, 4.69) is 17.2 Å². The minimum absolute atomic E-state index is 0.0614. The number of ketones is 1. The van der Waals surface area contributed by atoms with Crippen LogP contribution in [0.2, 0.25) is 10.0 Å². The van der Waals surface area contributed by atoms with Crippen molar-refractivity contribution >= 4 is 51.4 Å². The van der Waals surface area contributed by atoms with Crippen molar-refractivity contribution in [3.05, 3.63) is 93.3 Å². The van der Waals surface area contributed by atoms with E-state index in [-0.39, 0.29) is 24.5 Å². The zero-order valence-corrected chi connectivity index (χ0v) is 21.9. The number of rotatable bonds is 10. The zero-order chi connectivity index (χ0) is 25.5. The number of ether oxygens (including phenoxy) is 1. The van der Waals surface area contributed by atoms with Crippen molar-refractivity contribution in [1.29, 1.82) is 0 Å². The van der Waals surface area contributed by atoms with Gasteiger partial charge in [0.1, 0.15) is 11.5 Å². The highest BCUT2D eigenvalue weighted by atomic mass is 35.5. The smallest absolute Gasteiger partial charge is 0.226 e. The van der Waals surface area contributed by atoms with Crippen LogP contribution in [-0.2, 0) is 11.2 Å². The summed E-state index contributed by atoms with van der Waals surface area (Å²) in [6, 6.07) is 21.7. The molecule has 0 unspecified atom stereocenters. The summed E-state index contributed by atoms with van der Waals surface area (Å²) in [7, 11) is 0. The summed E-state index contributed by atoms with van der Waals surface area (Å²) < 4.78 is 5.76. The average molecular weight is 539 g/mol. The van der Waals surface area contributed by atoms with Crippen molar-refractivity contribution in [1.82, 2.24) is 4.98 Å². The van der Waals surface area contributed by atoms with Gasteiger partial charge in [0.05, 0.1) is 15.7 Å². The number of anilines is 1. The normalized spacial score (nSPS) is 10.8. The van der Waals surface area contributed by atoms with Crippen LogP contribution < -0.4 is 10.1 Å². The lowest BCUT2D eigenvalue weighted by molar-refractivity contribution is -0.116. The zero-order valence-electron chi connectivity index (χ0n) is 19.6. The van der Waals surface area contributed by atoms with Crippen LogP contribution in [0.4, 0.5) is 5.13 Å². The minimum atomic E-state index is -0.259. The number of benzene rings is 3. The van der Waals surface area contributed by atoms with E-state index >= 15 is 0 Å². The van der Waals surface area contributed by atoms with Crippen molar-refractivity contribution in [2.45, 2.75) is 32.6 Å². The molecule has 0 fully saturated rings. The second-order valence-electron chi connectivity index (χ2n) is 8.08. The molecule has 0 saturated carbocycles. The Kier molecular flexibility index (Phi) is 8.75. The molecule has 0 aliphatic carbocycles. The van der Waals surface area contributed by atoms with Gasteiger partial charge in [-0.1, -0.05) is 60.8 Å². The number of halogens is 2. The molecule has 0 aliphatic rings. The number of nitrogens with one attached hydrogen (secondary N) is 1. The fourth-order valence-electron chi connectivity index (χ4n) is 3.56. The van der Waals surface area contributed by atoms with Crippen LogP contribution in [0.1, 0.15) is 41.4 Å². The summed E-state index contributed by atoms with van der Waals surface area (Å²) in [4.78, 5) is 30.8. The fraction of sp³-hybridized carbons (Fsp3) is 0.179. The lowest BCUT2D eigenvalue weighted by Crippen LogP contribution is -2.13. The maximum absolute atomic E-state index is 12.6. The van der Waals surface area contributed by atoms with Gasteiger partial charge in [-0.3, -0.25) is 9.59 Å². The molecular formula is C28H24Cl2N2O3S. The summed E-state index contributed by atoms with van der Waals surface area (Å²) in [5.74, 6) is 0.989. The molecular weight excluding hydrogens is 515 g/mol. The average Bonchev–Trinajstić information content (AvgIpc) is 3.27. The van der Waals surface area contributed by atoms with E-state index in [0.29, 0.717) is 26.5 Å². The quantitative estimate of drug-likeness (QED) is 0.205. The van der Waals surface area contributed by atoms with Gasteiger partial charge in [-0.25, -0.2) is 4.98 Å². The summed E-state index contributed by atoms with van der Waals surface area (Å²) in [5.41, 5.74) is 2.16. The number of hydrogen-bond donors (Lipinski definition) is 1. The molecule has 36 heavy (non-hydrogen) atoms. The van der Waals surface area contributed by atoms with Gasteiger partial charge in [0.15, 0.2) is 10.9 Å². The van der Waals surface area contributed by atoms with Gasteiger partial charge in [-0.05, 0) is 55.0 Å². The van der Waals surface area contributed by atoms with Gasteiger partial charge >= 0.3 is 0 Å². The van der Waals surface area contributed by atoms with Gasteiger partial charge in [0.25, 0.3) is 0 Å². The number of thiazole rings is 1. The Morgan fingerprint density at radius 2 is 1.64 bits per heavy atom. The van der Waals surface area contributed by atoms with Gasteiger partial charge < -0.3 is 10.1 Å². The van der Waals surface area contributed by atoms with Crippen LogP contribution in [-0.4, -0.2) is 16.7 Å². The van der Waals surface area contributed by atoms with E-state index in [1.807, 2.05) is 36.4 Å². The van der Waals surface area contributed by atoms with Gasteiger partial charge in [-0.15, -0.1) is 11.3 Å². The van der Waals surface area contributed by atoms with Gasteiger partial charge in [0.2, 0.25) is 5.91 Å².